The monoisotopic (exact) mass is 316 g/mol. The summed E-state index contributed by atoms with van der Waals surface area (Å²) >= 11 is 0. The van der Waals surface area contributed by atoms with Gasteiger partial charge in [-0.15, -0.1) is 0 Å². The summed E-state index contributed by atoms with van der Waals surface area (Å²) in [5.74, 6) is 0.629. The average Bonchev–Trinajstić information content (AvgIpc) is 3.21. The van der Waals surface area contributed by atoms with Crippen molar-refractivity contribution in [2.24, 2.45) is 5.92 Å². The van der Waals surface area contributed by atoms with E-state index in [9.17, 15) is 4.79 Å². The fourth-order valence-electron chi connectivity index (χ4n) is 3.70. The van der Waals surface area contributed by atoms with Crippen molar-refractivity contribution in [3.8, 4) is 0 Å². The molecule has 0 bridgehead atoms. The molecule has 3 fully saturated rings. The molecule has 1 aromatic rings. The summed E-state index contributed by atoms with van der Waals surface area (Å²) in [5, 5.41) is 0. The Kier molecular flexibility index (Phi) is 3.85. The molecular weight excluding hydrogens is 292 g/mol. The molecule has 3 aliphatic rings. The first-order valence-electron chi connectivity index (χ1n) is 8.60. The van der Waals surface area contributed by atoms with Gasteiger partial charge in [-0.3, -0.25) is 9.78 Å². The number of carbonyl (C=O) groups is 1. The molecule has 4 rings (SSSR count). The topological polar surface area (TPSA) is 51.7 Å². The Morgan fingerprint density at radius 2 is 2.35 bits per heavy atom. The highest BCUT2D eigenvalue weighted by atomic mass is 16.6. The first-order valence-corrected chi connectivity index (χ1v) is 8.60. The molecule has 2 atom stereocenters. The number of hydrogen-bond donors (Lipinski definition) is 0. The van der Waals surface area contributed by atoms with Crippen molar-refractivity contribution in [3.63, 3.8) is 0 Å². The normalized spacial score (nSPS) is 30.3. The summed E-state index contributed by atoms with van der Waals surface area (Å²) < 4.78 is 12.1. The summed E-state index contributed by atoms with van der Waals surface area (Å²) in [4.78, 5) is 18.7. The van der Waals surface area contributed by atoms with Gasteiger partial charge in [0.2, 0.25) is 5.91 Å². The summed E-state index contributed by atoms with van der Waals surface area (Å²) in [7, 11) is 0. The molecule has 1 saturated carbocycles. The number of ether oxygens (including phenoxy) is 2. The second-order valence-corrected chi connectivity index (χ2v) is 7.19. The predicted octanol–water partition coefficient (Wildman–Crippen LogP) is 2.08. The number of aromatic nitrogens is 1. The molecule has 124 valence electrons. The van der Waals surface area contributed by atoms with Crippen LogP contribution in [0, 0.1) is 12.8 Å². The number of hydrogen-bond acceptors (Lipinski definition) is 4. The third-order valence-electron chi connectivity index (χ3n) is 5.14. The Bertz CT molecular complexity index is 602. The highest BCUT2D eigenvalue weighted by molar-refractivity contribution is 5.81. The molecule has 3 heterocycles. The molecule has 1 amide bonds. The van der Waals surface area contributed by atoms with Crippen LogP contribution in [0.1, 0.15) is 37.1 Å². The van der Waals surface area contributed by atoms with Crippen LogP contribution in [0.4, 0.5) is 0 Å². The third-order valence-corrected chi connectivity index (χ3v) is 5.14. The van der Waals surface area contributed by atoms with E-state index in [0.717, 1.165) is 50.2 Å². The van der Waals surface area contributed by atoms with Crippen LogP contribution >= 0.6 is 0 Å². The Balaban J connectivity index is 1.30. The van der Waals surface area contributed by atoms with E-state index >= 15 is 0 Å². The Labute approximate surface area is 137 Å². The van der Waals surface area contributed by atoms with Crippen LogP contribution in [-0.2, 0) is 20.9 Å². The summed E-state index contributed by atoms with van der Waals surface area (Å²) in [6.07, 6.45) is 4.06. The van der Waals surface area contributed by atoms with Gasteiger partial charge in [0.25, 0.3) is 0 Å². The number of pyridine rings is 1. The second kappa shape index (κ2) is 5.87. The lowest BCUT2D eigenvalue weighted by molar-refractivity contribution is -0.132. The van der Waals surface area contributed by atoms with Crippen molar-refractivity contribution in [3.05, 3.63) is 29.6 Å². The third kappa shape index (κ3) is 3.26. The number of amides is 1. The molecular formula is C18H24N2O3. The minimum Gasteiger partial charge on any atom is -0.370 e. The molecule has 1 spiro atoms. The molecule has 2 aliphatic heterocycles. The van der Waals surface area contributed by atoms with E-state index in [-0.39, 0.29) is 11.7 Å². The zero-order valence-electron chi connectivity index (χ0n) is 13.7. The van der Waals surface area contributed by atoms with Crippen LogP contribution in [0.15, 0.2) is 18.2 Å². The van der Waals surface area contributed by atoms with Crippen LogP contribution in [0.2, 0.25) is 0 Å². The van der Waals surface area contributed by atoms with E-state index < -0.39 is 0 Å². The van der Waals surface area contributed by atoms with Gasteiger partial charge in [-0.2, -0.15) is 0 Å². The number of nitrogens with zero attached hydrogens (tertiary/aromatic N) is 2. The maximum Gasteiger partial charge on any atom is 0.225 e. The zero-order valence-corrected chi connectivity index (χ0v) is 13.7. The van der Waals surface area contributed by atoms with Crippen LogP contribution < -0.4 is 0 Å². The summed E-state index contributed by atoms with van der Waals surface area (Å²) in [5.41, 5.74) is 1.80. The van der Waals surface area contributed by atoms with Crippen molar-refractivity contribution in [1.82, 2.24) is 9.88 Å². The fraction of sp³-hybridized carbons (Fsp3) is 0.667. The molecule has 0 unspecified atom stereocenters. The van der Waals surface area contributed by atoms with Crippen LogP contribution in [-0.4, -0.2) is 47.2 Å². The Hall–Kier alpha value is -1.46. The van der Waals surface area contributed by atoms with Gasteiger partial charge in [0, 0.05) is 31.1 Å². The summed E-state index contributed by atoms with van der Waals surface area (Å²) in [6, 6.07) is 5.98. The van der Waals surface area contributed by atoms with Gasteiger partial charge in [0.05, 0.1) is 30.6 Å². The maximum absolute atomic E-state index is 12.2. The van der Waals surface area contributed by atoms with Crippen molar-refractivity contribution in [1.29, 1.82) is 0 Å². The van der Waals surface area contributed by atoms with Crippen molar-refractivity contribution < 1.29 is 14.3 Å². The molecule has 5 heteroatoms. The van der Waals surface area contributed by atoms with E-state index in [2.05, 4.69) is 4.98 Å². The standard InChI is InChI=1S/C18H24N2O3/c1-13-3-2-4-15(19-13)10-22-16-9-18(23-11-16)7-8-20(12-18)17(21)14-5-6-14/h2-4,14,16H,5-12H2,1H3/t16-,18-/m0/s1. The Morgan fingerprint density at radius 3 is 3.13 bits per heavy atom. The van der Waals surface area contributed by atoms with Crippen LogP contribution in [0.3, 0.4) is 0 Å². The lowest BCUT2D eigenvalue weighted by Gasteiger charge is -2.23. The van der Waals surface area contributed by atoms with E-state index in [0.29, 0.717) is 25.0 Å². The van der Waals surface area contributed by atoms with Gasteiger partial charge in [0.1, 0.15) is 0 Å². The highest BCUT2D eigenvalue weighted by Gasteiger charge is 2.48. The van der Waals surface area contributed by atoms with Gasteiger partial charge in [-0.05, 0) is 38.3 Å². The largest absolute Gasteiger partial charge is 0.370 e. The molecule has 0 radical (unpaired) electrons. The zero-order chi connectivity index (χ0) is 15.9. The number of aryl methyl sites for hydroxylation is 1. The average molecular weight is 316 g/mol. The maximum atomic E-state index is 12.2. The first kappa shape index (κ1) is 15.1. The molecule has 1 aliphatic carbocycles. The molecule has 0 N–H and O–H groups in total. The highest BCUT2D eigenvalue weighted by Crippen LogP contribution is 2.39. The lowest BCUT2D eigenvalue weighted by Crippen LogP contribution is -2.36. The quantitative estimate of drug-likeness (QED) is 0.853. The summed E-state index contributed by atoms with van der Waals surface area (Å²) in [6.45, 7) is 4.71. The van der Waals surface area contributed by atoms with Gasteiger partial charge in [-0.1, -0.05) is 6.07 Å². The van der Waals surface area contributed by atoms with Gasteiger partial charge in [-0.25, -0.2) is 0 Å². The molecule has 2 saturated heterocycles. The van der Waals surface area contributed by atoms with E-state index in [1.165, 1.54) is 0 Å². The lowest BCUT2D eigenvalue weighted by atomic mass is 9.98. The molecule has 5 nitrogen and oxygen atoms in total. The second-order valence-electron chi connectivity index (χ2n) is 7.19. The van der Waals surface area contributed by atoms with Crippen molar-refractivity contribution in [2.75, 3.05) is 19.7 Å². The SMILES string of the molecule is Cc1cccc(CO[C@@H]2CO[C@@]3(CCN(C(=O)C4CC4)C3)C2)n1. The van der Waals surface area contributed by atoms with Crippen molar-refractivity contribution >= 4 is 5.91 Å². The number of carbonyl (C=O) groups excluding carboxylic acids is 1. The van der Waals surface area contributed by atoms with Crippen LogP contribution in [0.5, 0.6) is 0 Å². The van der Waals surface area contributed by atoms with E-state index in [1.54, 1.807) is 0 Å². The smallest absolute Gasteiger partial charge is 0.225 e. The molecule has 23 heavy (non-hydrogen) atoms. The number of rotatable bonds is 4. The fourth-order valence-corrected chi connectivity index (χ4v) is 3.70. The van der Waals surface area contributed by atoms with E-state index in [1.807, 2.05) is 30.0 Å². The van der Waals surface area contributed by atoms with Crippen molar-refractivity contribution in [2.45, 2.75) is 50.9 Å². The van der Waals surface area contributed by atoms with Gasteiger partial charge < -0.3 is 14.4 Å². The van der Waals surface area contributed by atoms with E-state index in [4.69, 9.17) is 9.47 Å². The van der Waals surface area contributed by atoms with Gasteiger partial charge >= 0.3 is 0 Å². The number of likely N-dealkylation sites (tertiary alicyclic amines) is 1. The Morgan fingerprint density at radius 1 is 1.48 bits per heavy atom. The van der Waals surface area contributed by atoms with Crippen LogP contribution in [0.25, 0.3) is 0 Å². The van der Waals surface area contributed by atoms with Gasteiger partial charge in [0.15, 0.2) is 0 Å². The first-order chi connectivity index (χ1) is 11.1. The minimum absolute atomic E-state index is 0.105. The minimum atomic E-state index is -0.171. The molecule has 0 aromatic carbocycles. The molecule has 1 aromatic heterocycles. The predicted molar refractivity (Wildman–Crippen MR) is 84.8 cm³/mol.